The molecule has 7 heteroatoms. The van der Waals surface area contributed by atoms with Crippen LogP contribution in [-0.2, 0) is 20.8 Å². The Labute approximate surface area is 168 Å². The summed E-state index contributed by atoms with van der Waals surface area (Å²) in [7, 11) is 0. The van der Waals surface area contributed by atoms with E-state index >= 15 is 0 Å². The van der Waals surface area contributed by atoms with Crippen LogP contribution in [0.2, 0.25) is 5.02 Å². The van der Waals surface area contributed by atoms with Gasteiger partial charge in [0.1, 0.15) is 0 Å². The number of fused-ring (bicyclic) bond motifs is 1. The van der Waals surface area contributed by atoms with Crippen molar-refractivity contribution in [3.8, 4) is 0 Å². The first-order valence-electron chi connectivity index (χ1n) is 9.20. The van der Waals surface area contributed by atoms with Gasteiger partial charge in [0.15, 0.2) is 0 Å². The normalized spacial score (nSPS) is 18.4. The quantitative estimate of drug-likeness (QED) is 0.864. The van der Waals surface area contributed by atoms with Crippen LogP contribution in [0.25, 0.3) is 0 Å². The van der Waals surface area contributed by atoms with Crippen molar-refractivity contribution in [2.45, 2.75) is 19.8 Å². The van der Waals surface area contributed by atoms with Crippen molar-refractivity contribution in [2.24, 2.45) is 5.92 Å². The molecule has 2 aromatic rings. The van der Waals surface area contributed by atoms with E-state index in [4.69, 9.17) is 11.6 Å². The lowest BCUT2D eigenvalue weighted by Gasteiger charge is -2.17. The molecule has 1 saturated heterocycles. The molecule has 144 valence electrons. The number of anilines is 3. The summed E-state index contributed by atoms with van der Waals surface area (Å²) in [5.74, 6) is -0.678. The molecule has 0 bridgehead atoms. The van der Waals surface area contributed by atoms with Crippen molar-refractivity contribution in [1.29, 1.82) is 0 Å². The molecule has 2 aromatic carbocycles. The van der Waals surface area contributed by atoms with E-state index in [1.807, 2.05) is 18.2 Å². The van der Waals surface area contributed by atoms with Gasteiger partial charge in [-0.2, -0.15) is 0 Å². The lowest BCUT2D eigenvalue weighted by atomic mass is 10.1. The number of nitrogens with zero attached hydrogens (tertiary/aromatic N) is 2. The van der Waals surface area contributed by atoms with Crippen LogP contribution in [0.3, 0.4) is 0 Å². The zero-order chi connectivity index (χ0) is 19.8. The predicted molar refractivity (Wildman–Crippen MR) is 109 cm³/mol. The van der Waals surface area contributed by atoms with Crippen molar-refractivity contribution in [2.75, 3.05) is 28.2 Å². The molecular weight excluding hydrogens is 378 g/mol. The fourth-order valence-electron chi connectivity index (χ4n) is 3.83. The van der Waals surface area contributed by atoms with Gasteiger partial charge in [0.25, 0.3) is 0 Å². The third-order valence-corrected chi connectivity index (χ3v) is 5.47. The van der Waals surface area contributed by atoms with Gasteiger partial charge in [-0.25, -0.2) is 0 Å². The van der Waals surface area contributed by atoms with Crippen LogP contribution in [0.5, 0.6) is 0 Å². The number of hydrogen-bond acceptors (Lipinski definition) is 3. The van der Waals surface area contributed by atoms with Gasteiger partial charge >= 0.3 is 0 Å². The molecule has 1 atom stereocenters. The molecule has 0 aliphatic carbocycles. The molecule has 3 amide bonds. The number of carbonyl (C=O) groups is 3. The second-order valence-electron chi connectivity index (χ2n) is 7.14. The van der Waals surface area contributed by atoms with Crippen LogP contribution >= 0.6 is 11.6 Å². The summed E-state index contributed by atoms with van der Waals surface area (Å²) in [6.07, 6.45) is 0.935. The third-order valence-electron chi connectivity index (χ3n) is 5.24. The highest BCUT2D eigenvalue weighted by Gasteiger charge is 2.35. The van der Waals surface area contributed by atoms with Gasteiger partial charge in [0, 0.05) is 48.5 Å². The summed E-state index contributed by atoms with van der Waals surface area (Å²) in [6.45, 7) is 2.54. The molecule has 0 radical (unpaired) electrons. The average molecular weight is 398 g/mol. The van der Waals surface area contributed by atoms with Gasteiger partial charge in [0.05, 0.1) is 5.92 Å². The zero-order valence-corrected chi connectivity index (χ0v) is 16.2. The lowest BCUT2D eigenvalue weighted by molar-refractivity contribution is -0.122. The molecule has 4 rings (SSSR count). The molecule has 1 unspecified atom stereocenters. The third kappa shape index (κ3) is 3.47. The minimum absolute atomic E-state index is 0.0149. The average Bonchev–Trinajstić information content (AvgIpc) is 3.25. The van der Waals surface area contributed by atoms with Gasteiger partial charge in [-0.1, -0.05) is 17.7 Å². The smallest absolute Gasteiger partial charge is 0.229 e. The Morgan fingerprint density at radius 2 is 2.00 bits per heavy atom. The summed E-state index contributed by atoms with van der Waals surface area (Å²) in [6, 6.07) is 12.6. The van der Waals surface area contributed by atoms with E-state index in [9.17, 15) is 14.4 Å². The van der Waals surface area contributed by atoms with E-state index in [-0.39, 0.29) is 24.1 Å². The monoisotopic (exact) mass is 397 g/mol. The Hall–Kier alpha value is -2.86. The Kier molecular flexibility index (Phi) is 4.81. The summed E-state index contributed by atoms with van der Waals surface area (Å²) in [4.78, 5) is 40.1. The second-order valence-corrected chi connectivity index (χ2v) is 7.58. The molecule has 0 saturated carbocycles. The largest absolute Gasteiger partial charge is 0.326 e. The van der Waals surface area contributed by atoms with E-state index in [0.717, 1.165) is 17.7 Å². The van der Waals surface area contributed by atoms with Crippen LogP contribution in [0.15, 0.2) is 42.5 Å². The Bertz CT molecular complexity index is 975. The molecule has 0 aromatic heterocycles. The van der Waals surface area contributed by atoms with Crippen molar-refractivity contribution in [3.63, 3.8) is 0 Å². The molecule has 2 heterocycles. The molecule has 2 aliphatic heterocycles. The number of carbonyl (C=O) groups excluding carboxylic acids is 3. The number of amides is 3. The molecule has 1 N–H and O–H groups in total. The maximum atomic E-state index is 12.7. The predicted octanol–water partition coefficient (Wildman–Crippen LogP) is 3.24. The molecule has 6 nitrogen and oxygen atoms in total. The first-order chi connectivity index (χ1) is 13.4. The van der Waals surface area contributed by atoms with Crippen LogP contribution in [-0.4, -0.2) is 30.8 Å². The summed E-state index contributed by atoms with van der Waals surface area (Å²) in [5, 5.41) is 3.47. The number of halogens is 1. The van der Waals surface area contributed by atoms with Gasteiger partial charge in [-0.05, 0) is 48.4 Å². The number of benzene rings is 2. The van der Waals surface area contributed by atoms with Crippen molar-refractivity contribution < 1.29 is 14.4 Å². The standard InChI is InChI=1S/C21H20ClN3O3/c1-13(26)24-8-7-14-9-17(5-6-19(14)24)23-21(28)15-10-20(27)25(12-15)18-4-2-3-16(22)11-18/h2-6,9,11,15H,7-8,10,12H2,1H3,(H,23,28). The van der Waals surface area contributed by atoms with Crippen LogP contribution < -0.4 is 15.1 Å². The van der Waals surface area contributed by atoms with Gasteiger partial charge in [-0.15, -0.1) is 0 Å². The number of hydrogen-bond donors (Lipinski definition) is 1. The highest BCUT2D eigenvalue weighted by Crippen LogP contribution is 2.32. The Morgan fingerprint density at radius 1 is 1.18 bits per heavy atom. The van der Waals surface area contributed by atoms with Crippen LogP contribution in [0, 0.1) is 5.92 Å². The highest BCUT2D eigenvalue weighted by atomic mass is 35.5. The van der Waals surface area contributed by atoms with Crippen molar-refractivity contribution in [3.05, 3.63) is 53.1 Å². The first-order valence-corrected chi connectivity index (χ1v) is 9.58. The minimum Gasteiger partial charge on any atom is -0.326 e. The SMILES string of the molecule is CC(=O)N1CCc2cc(NC(=O)C3CC(=O)N(c4cccc(Cl)c4)C3)ccc21. The molecule has 1 fully saturated rings. The topological polar surface area (TPSA) is 69.7 Å². The van der Waals surface area contributed by atoms with E-state index in [0.29, 0.717) is 29.5 Å². The minimum atomic E-state index is -0.423. The summed E-state index contributed by atoms with van der Waals surface area (Å²) < 4.78 is 0. The fourth-order valence-corrected chi connectivity index (χ4v) is 4.01. The van der Waals surface area contributed by atoms with E-state index in [1.165, 1.54) is 0 Å². The number of rotatable bonds is 3. The van der Waals surface area contributed by atoms with Crippen LogP contribution in [0.1, 0.15) is 18.9 Å². The summed E-state index contributed by atoms with van der Waals surface area (Å²) >= 11 is 6.01. The Balaban J connectivity index is 1.45. The second kappa shape index (κ2) is 7.28. The van der Waals surface area contributed by atoms with Gasteiger partial charge < -0.3 is 15.1 Å². The molecule has 0 spiro atoms. The maximum Gasteiger partial charge on any atom is 0.229 e. The van der Waals surface area contributed by atoms with E-state index in [2.05, 4.69) is 5.32 Å². The maximum absolute atomic E-state index is 12.7. The highest BCUT2D eigenvalue weighted by molar-refractivity contribution is 6.31. The van der Waals surface area contributed by atoms with Crippen LogP contribution in [0.4, 0.5) is 17.1 Å². The Morgan fingerprint density at radius 3 is 2.75 bits per heavy atom. The lowest BCUT2D eigenvalue weighted by Crippen LogP contribution is -2.28. The van der Waals surface area contributed by atoms with Gasteiger partial charge in [0.2, 0.25) is 17.7 Å². The van der Waals surface area contributed by atoms with Crippen molar-refractivity contribution >= 4 is 46.4 Å². The van der Waals surface area contributed by atoms with Crippen molar-refractivity contribution in [1.82, 2.24) is 0 Å². The van der Waals surface area contributed by atoms with Gasteiger partial charge in [-0.3, -0.25) is 14.4 Å². The fraction of sp³-hybridized carbons (Fsp3) is 0.286. The molecule has 28 heavy (non-hydrogen) atoms. The number of nitrogens with one attached hydrogen (secondary N) is 1. The molecular formula is C21H20ClN3O3. The van der Waals surface area contributed by atoms with E-state index in [1.54, 1.807) is 41.0 Å². The first kappa shape index (κ1) is 18.5. The summed E-state index contributed by atoms with van der Waals surface area (Å²) in [5.41, 5.74) is 3.32. The van der Waals surface area contributed by atoms with E-state index < -0.39 is 5.92 Å². The molecule has 2 aliphatic rings. The zero-order valence-electron chi connectivity index (χ0n) is 15.4.